The zero-order chi connectivity index (χ0) is 27.7. The molecule has 1 saturated carbocycles. The number of likely N-dealkylation sites (tertiary alicyclic amines) is 1. The van der Waals surface area contributed by atoms with Crippen LogP contribution >= 0.6 is 0 Å². The van der Waals surface area contributed by atoms with Crippen molar-refractivity contribution in [2.75, 3.05) is 32.2 Å². The van der Waals surface area contributed by atoms with Crippen LogP contribution in [0.1, 0.15) is 46.5 Å². The van der Waals surface area contributed by atoms with Crippen LogP contribution in [0.3, 0.4) is 0 Å². The van der Waals surface area contributed by atoms with Gasteiger partial charge in [0.1, 0.15) is 17.4 Å². The first-order valence-electron chi connectivity index (χ1n) is 14.3. The third-order valence-electron chi connectivity index (χ3n) is 9.21. The number of nitrogens with one attached hydrogen (secondary N) is 2. The van der Waals surface area contributed by atoms with Crippen molar-refractivity contribution in [1.82, 2.24) is 10.2 Å². The first kappa shape index (κ1) is 27.6. The minimum atomic E-state index is -1.16. The van der Waals surface area contributed by atoms with Crippen LogP contribution in [-0.2, 0) is 23.9 Å². The lowest BCUT2D eigenvalue weighted by molar-refractivity contribution is -0.141. The average Bonchev–Trinajstić information content (AvgIpc) is 3.57. The number of carbonyl (C=O) groups is 3. The summed E-state index contributed by atoms with van der Waals surface area (Å²) in [4.78, 5) is 43.2. The minimum Gasteiger partial charge on any atom is -0.497 e. The normalized spacial score (nSPS) is 34.7. The number of carbonyl (C=O) groups excluding carboxylic acids is 3. The fourth-order valence-electron chi connectivity index (χ4n) is 6.94. The van der Waals surface area contributed by atoms with E-state index in [4.69, 9.17) is 14.2 Å². The second-order valence-corrected chi connectivity index (χ2v) is 11.4. The molecule has 3 aliphatic heterocycles. The molecule has 3 fully saturated rings. The van der Waals surface area contributed by atoms with Gasteiger partial charge in [0.2, 0.25) is 17.7 Å². The number of fused-ring (bicyclic) bond motifs is 1. The number of anilines is 1. The molecule has 9 nitrogen and oxygen atoms in total. The number of benzene rings is 1. The van der Waals surface area contributed by atoms with Gasteiger partial charge in [0.15, 0.2) is 0 Å². The fraction of sp³-hybridized carbons (Fsp3) is 0.633. The van der Waals surface area contributed by atoms with Gasteiger partial charge in [0.25, 0.3) is 0 Å². The predicted octanol–water partition coefficient (Wildman–Crippen LogP) is 3.15. The Morgan fingerprint density at radius 3 is 2.64 bits per heavy atom. The Hall–Kier alpha value is -2.91. The molecule has 212 valence electrons. The number of nitrogens with zero attached hydrogens (tertiary/aromatic N) is 1. The molecular weight excluding hydrogens is 498 g/mol. The van der Waals surface area contributed by atoms with Gasteiger partial charge in [-0.05, 0) is 55.9 Å². The largest absolute Gasteiger partial charge is 0.497 e. The summed E-state index contributed by atoms with van der Waals surface area (Å²) in [6.45, 7) is 7.78. The highest BCUT2D eigenvalue weighted by atomic mass is 16.5. The molecule has 1 aliphatic carbocycles. The first-order chi connectivity index (χ1) is 18.8. The van der Waals surface area contributed by atoms with Crippen molar-refractivity contribution in [2.24, 2.45) is 23.7 Å². The van der Waals surface area contributed by atoms with Crippen molar-refractivity contribution in [3.63, 3.8) is 0 Å². The number of ether oxygens (including phenoxy) is 3. The first-order valence-corrected chi connectivity index (χ1v) is 14.3. The van der Waals surface area contributed by atoms with Gasteiger partial charge >= 0.3 is 0 Å². The SMILES string of the molecule is CCOCCCN1C(=O)[C@@H]2[C@H](C(=O)Nc3ccc(OC)cc3)[C@@H]3C=C[C@@]2(O3)[C@@H]1C(=O)N[C@@H]1CCC[C@@H](C)[C@H]1C. The lowest BCUT2D eigenvalue weighted by atomic mass is 9.73. The topological polar surface area (TPSA) is 106 Å². The standard InChI is InChI=1S/C30H41N3O6/c1-5-38-17-7-16-33-26(28(35)32-22-9-6-8-18(2)19(22)3)30-15-14-23(39-30)24(25(30)29(33)36)27(34)31-20-10-12-21(37-4)13-11-20/h10-15,18-19,22-26H,5-9,16-17H2,1-4H3,(H,31,34)(H,32,35)/t18-,19-,22-,23+,24-,25+,26+,30+/m1/s1. The third kappa shape index (κ3) is 4.95. The van der Waals surface area contributed by atoms with Crippen LogP contribution in [0.2, 0.25) is 0 Å². The number of amides is 3. The van der Waals surface area contributed by atoms with Gasteiger partial charge in [0, 0.05) is 31.5 Å². The summed E-state index contributed by atoms with van der Waals surface area (Å²) in [5, 5.41) is 6.23. The van der Waals surface area contributed by atoms with Gasteiger partial charge in [-0.1, -0.05) is 38.8 Å². The lowest BCUT2D eigenvalue weighted by Gasteiger charge is -2.38. The predicted molar refractivity (Wildman–Crippen MR) is 146 cm³/mol. The van der Waals surface area contributed by atoms with Crippen LogP contribution in [0, 0.1) is 23.7 Å². The summed E-state index contributed by atoms with van der Waals surface area (Å²) in [5.74, 6) is -0.650. The fourth-order valence-corrected chi connectivity index (χ4v) is 6.94. The lowest BCUT2D eigenvalue weighted by Crippen LogP contribution is -2.58. The smallest absolute Gasteiger partial charge is 0.246 e. The molecule has 1 aromatic carbocycles. The zero-order valence-corrected chi connectivity index (χ0v) is 23.4. The molecule has 39 heavy (non-hydrogen) atoms. The van der Waals surface area contributed by atoms with Crippen LogP contribution in [-0.4, -0.2) is 73.3 Å². The van der Waals surface area contributed by atoms with Gasteiger partial charge in [-0.15, -0.1) is 0 Å². The van der Waals surface area contributed by atoms with Crippen molar-refractivity contribution in [2.45, 2.75) is 70.2 Å². The molecule has 2 saturated heterocycles. The molecule has 1 aromatic rings. The molecule has 1 spiro atoms. The van der Waals surface area contributed by atoms with Gasteiger partial charge in [-0.3, -0.25) is 14.4 Å². The second-order valence-electron chi connectivity index (χ2n) is 11.4. The van der Waals surface area contributed by atoms with E-state index in [9.17, 15) is 14.4 Å². The summed E-state index contributed by atoms with van der Waals surface area (Å²) in [6.07, 6.45) is 6.88. The van der Waals surface area contributed by atoms with E-state index in [2.05, 4.69) is 24.5 Å². The molecular formula is C30H41N3O6. The highest BCUT2D eigenvalue weighted by Crippen LogP contribution is 2.55. The quantitative estimate of drug-likeness (QED) is 0.350. The van der Waals surface area contributed by atoms with Crippen molar-refractivity contribution in [3.8, 4) is 5.75 Å². The third-order valence-corrected chi connectivity index (χ3v) is 9.21. The highest BCUT2D eigenvalue weighted by molar-refractivity contribution is 6.02. The Labute approximate surface area is 230 Å². The van der Waals surface area contributed by atoms with Crippen LogP contribution in [0.5, 0.6) is 5.75 Å². The molecule has 3 heterocycles. The molecule has 2 N–H and O–H groups in total. The minimum absolute atomic E-state index is 0.0498. The van der Waals surface area contributed by atoms with E-state index >= 15 is 0 Å². The van der Waals surface area contributed by atoms with Crippen LogP contribution in [0.15, 0.2) is 36.4 Å². The van der Waals surface area contributed by atoms with Gasteiger partial charge in [-0.25, -0.2) is 0 Å². The summed E-state index contributed by atoms with van der Waals surface area (Å²) >= 11 is 0. The Balaban J connectivity index is 1.40. The van der Waals surface area contributed by atoms with Crippen LogP contribution in [0.4, 0.5) is 5.69 Å². The van der Waals surface area contributed by atoms with Gasteiger partial charge in [0.05, 0.1) is 25.0 Å². The molecule has 5 rings (SSSR count). The zero-order valence-electron chi connectivity index (χ0n) is 23.4. The molecule has 3 amide bonds. The molecule has 0 radical (unpaired) electrons. The highest BCUT2D eigenvalue weighted by Gasteiger charge is 2.72. The Bertz CT molecular complexity index is 1110. The van der Waals surface area contributed by atoms with Crippen molar-refractivity contribution in [1.29, 1.82) is 0 Å². The van der Waals surface area contributed by atoms with E-state index in [0.29, 0.717) is 49.5 Å². The summed E-state index contributed by atoms with van der Waals surface area (Å²) < 4.78 is 17.2. The molecule has 0 aromatic heterocycles. The maximum absolute atomic E-state index is 14.0. The Morgan fingerprint density at radius 2 is 1.92 bits per heavy atom. The van der Waals surface area contributed by atoms with E-state index in [0.717, 1.165) is 19.3 Å². The molecule has 8 atom stereocenters. The van der Waals surface area contributed by atoms with E-state index < -0.39 is 29.6 Å². The molecule has 4 aliphatic rings. The Morgan fingerprint density at radius 1 is 1.15 bits per heavy atom. The van der Waals surface area contributed by atoms with E-state index in [-0.39, 0.29) is 23.8 Å². The van der Waals surface area contributed by atoms with Gasteiger partial charge < -0.3 is 29.7 Å². The maximum Gasteiger partial charge on any atom is 0.246 e. The summed E-state index contributed by atoms with van der Waals surface area (Å²) in [7, 11) is 1.58. The average molecular weight is 540 g/mol. The molecule has 0 unspecified atom stereocenters. The Kier molecular flexibility index (Phi) is 8.01. The van der Waals surface area contributed by atoms with Crippen LogP contribution in [0.25, 0.3) is 0 Å². The number of methoxy groups -OCH3 is 1. The van der Waals surface area contributed by atoms with Crippen molar-refractivity contribution >= 4 is 23.4 Å². The van der Waals surface area contributed by atoms with E-state index in [1.54, 1.807) is 36.3 Å². The second kappa shape index (κ2) is 11.3. The monoisotopic (exact) mass is 539 g/mol. The molecule has 9 heteroatoms. The summed E-state index contributed by atoms with van der Waals surface area (Å²) in [5.41, 5.74) is -0.557. The van der Waals surface area contributed by atoms with Crippen molar-refractivity contribution < 1.29 is 28.6 Å². The van der Waals surface area contributed by atoms with Gasteiger partial charge in [-0.2, -0.15) is 0 Å². The number of hydrogen-bond acceptors (Lipinski definition) is 6. The number of rotatable bonds is 10. The van der Waals surface area contributed by atoms with E-state index in [1.807, 2.05) is 19.1 Å². The summed E-state index contributed by atoms with van der Waals surface area (Å²) in [6, 6.07) is 6.27. The molecule has 2 bridgehead atoms. The van der Waals surface area contributed by atoms with Crippen molar-refractivity contribution in [3.05, 3.63) is 36.4 Å². The van der Waals surface area contributed by atoms with Crippen LogP contribution < -0.4 is 15.4 Å². The van der Waals surface area contributed by atoms with E-state index in [1.165, 1.54) is 0 Å². The number of hydrogen-bond donors (Lipinski definition) is 2. The maximum atomic E-state index is 14.0.